The summed E-state index contributed by atoms with van der Waals surface area (Å²) in [7, 11) is 0. The molecule has 2 aliphatic heterocycles. The highest BCUT2D eigenvalue weighted by Crippen LogP contribution is 2.28. The van der Waals surface area contributed by atoms with Crippen LogP contribution in [0.3, 0.4) is 0 Å². The highest BCUT2D eigenvalue weighted by Gasteiger charge is 2.47. The second kappa shape index (κ2) is 3.75. The lowest BCUT2D eigenvalue weighted by Crippen LogP contribution is -2.32. The van der Waals surface area contributed by atoms with Gasteiger partial charge in [-0.2, -0.15) is 0 Å². The SMILES string of the molecule is C=CCO[C@H]1CO[C@H]2[C@@H]1OC[C@@H]2O. The smallest absolute Gasteiger partial charge is 0.115 e. The van der Waals surface area contributed by atoms with Gasteiger partial charge in [-0.05, 0) is 0 Å². The van der Waals surface area contributed by atoms with Gasteiger partial charge in [-0.3, -0.25) is 0 Å². The van der Waals surface area contributed by atoms with Crippen molar-refractivity contribution in [2.45, 2.75) is 24.4 Å². The quantitative estimate of drug-likeness (QED) is 0.616. The number of rotatable bonds is 3. The standard InChI is InChI=1S/C9H14O4/c1-2-3-11-7-5-13-8-6(10)4-12-9(7)8/h2,6-10H,1,3-5H2/t6-,7-,8+,9+/m0/s1. The molecular weight excluding hydrogens is 172 g/mol. The molecule has 0 aromatic carbocycles. The number of fused-ring (bicyclic) bond motifs is 1. The summed E-state index contributed by atoms with van der Waals surface area (Å²) >= 11 is 0. The molecule has 4 nitrogen and oxygen atoms in total. The molecule has 0 radical (unpaired) electrons. The van der Waals surface area contributed by atoms with Crippen molar-refractivity contribution < 1.29 is 19.3 Å². The molecule has 0 aliphatic carbocycles. The molecule has 2 fully saturated rings. The van der Waals surface area contributed by atoms with Gasteiger partial charge in [-0.15, -0.1) is 6.58 Å². The first-order chi connectivity index (χ1) is 6.33. The van der Waals surface area contributed by atoms with Crippen molar-refractivity contribution in [1.29, 1.82) is 0 Å². The van der Waals surface area contributed by atoms with Gasteiger partial charge >= 0.3 is 0 Å². The van der Waals surface area contributed by atoms with Gasteiger partial charge in [0.25, 0.3) is 0 Å². The lowest BCUT2D eigenvalue weighted by Gasteiger charge is -2.15. The van der Waals surface area contributed by atoms with E-state index in [1.165, 1.54) is 0 Å². The lowest BCUT2D eigenvalue weighted by atomic mass is 10.1. The second-order valence-corrected chi connectivity index (χ2v) is 3.32. The van der Waals surface area contributed by atoms with Crippen molar-refractivity contribution in [3.63, 3.8) is 0 Å². The van der Waals surface area contributed by atoms with Crippen LogP contribution in [0.4, 0.5) is 0 Å². The fraction of sp³-hybridized carbons (Fsp3) is 0.778. The summed E-state index contributed by atoms with van der Waals surface area (Å²) in [6.07, 6.45) is 0.839. The second-order valence-electron chi connectivity index (χ2n) is 3.32. The first-order valence-corrected chi connectivity index (χ1v) is 4.46. The highest BCUT2D eigenvalue weighted by atomic mass is 16.6. The van der Waals surface area contributed by atoms with Gasteiger partial charge in [0.15, 0.2) is 0 Å². The van der Waals surface area contributed by atoms with Gasteiger partial charge in [-0.25, -0.2) is 0 Å². The van der Waals surface area contributed by atoms with E-state index in [9.17, 15) is 5.11 Å². The summed E-state index contributed by atoms with van der Waals surface area (Å²) < 4.78 is 16.2. The monoisotopic (exact) mass is 186 g/mol. The Balaban J connectivity index is 1.90. The third-order valence-electron chi connectivity index (χ3n) is 2.41. The maximum Gasteiger partial charge on any atom is 0.115 e. The first-order valence-electron chi connectivity index (χ1n) is 4.46. The van der Waals surface area contributed by atoms with Crippen molar-refractivity contribution in [3.05, 3.63) is 12.7 Å². The van der Waals surface area contributed by atoms with Crippen LogP contribution in [0, 0.1) is 0 Å². The summed E-state index contributed by atoms with van der Waals surface area (Å²) in [6, 6.07) is 0. The van der Waals surface area contributed by atoms with E-state index >= 15 is 0 Å². The Hall–Kier alpha value is -0.420. The Morgan fingerprint density at radius 2 is 2.15 bits per heavy atom. The Bertz CT molecular complexity index is 194. The molecule has 2 heterocycles. The lowest BCUT2D eigenvalue weighted by molar-refractivity contribution is -0.0279. The average molecular weight is 186 g/mol. The zero-order valence-electron chi connectivity index (χ0n) is 7.39. The van der Waals surface area contributed by atoms with E-state index in [-0.39, 0.29) is 18.3 Å². The Morgan fingerprint density at radius 3 is 2.92 bits per heavy atom. The minimum absolute atomic E-state index is 0.0554. The zero-order chi connectivity index (χ0) is 9.26. The minimum Gasteiger partial charge on any atom is -0.388 e. The first kappa shape index (κ1) is 9.15. The van der Waals surface area contributed by atoms with E-state index in [0.717, 1.165) is 0 Å². The number of hydrogen-bond acceptors (Lipinski definition) is 4. The van der Waals surface area contributed by atoms with Crippen LogP contribution in [0.1, 0.15) is 0 Å². The largest absolute Gasteiger partial charge is 0.388 e. The van der Waals surface area contributed by atoms with E-state index in [1.807, 2.05) is 0 Å². The zero-order valence-corrected chi connectivity index (χ0v) is 7.39. The predicted octanol–water partition coefficient (Wildman–Crippen LogP) is -0.284. The molecule has 4 atom stereocenters. The van der Waals surface area contributed by atoms with E-state index < -0.39 is 6.10 Å². The van der Waals surface area contributed by atoms with E-state index in [1.54, 1.807) is 6.08 Å². The number of ether oxygens (including phenoxy) is 3. The van der Waals surface area contributed by atoms with Crippen LogP contribution >= 0.6 is 0 Å². The Morgan fingerprint density at radius 1 is 1.38 bits per heavy atom. The number of aliphatic hydroxyl groups is 1. The van der Waals surface area contributed by atoms with Crippen LogP contribution in [0.15, 0.2) is 12.7 Å². The molecule has 0 bridgehead atoms. The van der Waals surface area contributed by atoms with Crippen LogP contribution in [-0.2, 0) is 14.2 Å². The van der Waals surface area contributed by atoms with Crippen molar-refractivity contribution in [2.75, 3.05) is 19.8 Å². The topological polar surface area (TPSA) is 47.9 Å². The van der Waals surface area contributed by atoms with Crippen LogP contribution in [-0.4, -0.2) is 49.3 Å². The molecule has 0 aromatic rings. The number of aliphatic hydroxyl groups excluding tert-OH is 1. The summed E-state index contributed by atoms with van der Waals surface area (Å²) in [5, 5.41) is 9.42. The molecule has 2 saturated heterocycles. The molecule has 74 valence electrons. The van der Waals surface area contributed by atoms with Crippen molar-refractivity contribution in [3.8, 4) is 0 Å². The Kier molecular flexibility index (Phi) is 2.64. The maximum absolute atomic E-state index is 9.42. The summed E-state index contributed by atoms with van der Waals surface area (Å²) in [4.78, 5) is 0. The molecule has 0 unspecified atom stereocenters. The molecule has 13 heavy (non-hydrogen) atoms. The molecule has 4 heteroatoms. The third-order valence-corrected chi connectivity index (χ3v) is 2.41. The average Bonchev–Trinajstić information content (AvgIpc) is 2.67. The summed E-state index contributed by atoms with van der Waals surface area (Å²) in [5.41, 5.74) is 0. The van der Waals surface area contributed by atoms with Crippen molar-refractivity contribution in [1.82, 2.24) is 0 Å². The fourth-order valence-electron chi connectivity index (χ4n) is 1.78. The van der Waals surface area contributed by atoms with Crippen LogP contribution in [0.2, 0.25) is 0 Å². The van der Waals surface area contributed by atoms with Crippen molar-refractivity contribution >= 4 is 0 Å². The Labute approximate surface area is 77.1 Å². The molecular formula is C9H14O4. The minimum atomic E-state index is -0.498. The van der Waals surface area contributed by atoms with Crippen LogP contribution in [0.25, 0.3) is 0 Å². The predicted molar refractivity (Wildman–Crippen MR) is 45.4 cm³/mol. The molecule has 2 rings (SSSR count). The molecule has 2 aliphatic rings. The normalized spacial score (nSPS) is 43.5. The van der Waals surface area contributed by atoms with Crippen molar-refractivity contribution in [2.24, 2.45) is 0 Å². The maximum atomic E-state index is 9.42. The van der Waals surface area contributed by atoms with E-state index in [4.69, 9.17) is 14.2 Å². The van der Waals surface area contributed by atoms with Gasteiger partial charge in [0.1, 0.15) is 24.4 Å². The highest BCUT2D eigenvalue weighted by molar-refractivity contribution is 4.95. The van der Waals surface area contributed by atoms with Gasteiger partial charge in [0.05, 0.1) is 19.8 Å². The third kappa shape index (κ3) is 1.62. The molecule has 0 spiro atoms. The molecule has 1 N–H and O–H groups in total. The van der Waals surface area contributed by atoms with Gasteiger partial charge in [-0.1, -0.05) is 6.08 Å². The summed E-state index contributed by atoms with van der Waals surface area (Å²) in [5.74, 6) is 0. The van der Waals surface area contributed by atoms with Gasteiger partial charge < -0.3 is 19.3 Å². The van der Waals surface area contributed by atoms with Gasteiger partial charge in [0.2, 0.25) is 0 Å². The van der Waals surface area contributed by atoms with Crippen LogP contribution < -0.4 is 0 Å². The molecule has 0 amide bonds. The fourth-order valence-corrected chi connectivity index (χ4v) is 1.78. The van der Waals surface area contributed by atoms with Crippen LogP contribution in [0.5, 0.6) is 0 Å². The number of hydrogen-bond donors (Lipinski definition) is 1. The summed E-state index contributed by atoms with van der Waals surface area (Å²) in [6.45, 7) is 4.91. The molecule has 0 saturated carbocycles. The van der Waals surface area contributed by atoms with Gasteiger partial charge in [0, 0.05) is 0 Å². The van der Waals surface area contributed by atoms with E-state index in [0.29, 0.717) is 19.8 Å². The molecule has 0 aromatic heterocycles. The van der Waals surface area contributed by atoms with E-state index in [2.05, 4.69) is 6.58 Å².